The number of fused-ring (bicyclic) bond motifs is 7. The zero-order valence-corrected chi connectivity index (χ0v) is 42.6. The first-order valence-corrected chi connectivity index (χ1v) is 26.8. The number of hydrogen-bond donors (Lipinski definition) is 12. The summed E-state index contributed by atoms with van der Waals surface area (Å²) in [4.78, 5) is 0. The van der Waals surface area contributed by atoms with E-state index in [0.29, 0.717) is 43.4 Å². The lowest BCUT2D eigenvalue weighted by Crippen LogP contribution is -2.66. The Labute approximate surface area is 425 Å². The zero-order chi connectivity index (χ0) is 52.4. The molecule has 31 atom stereocenters. The molecule has 0 bridgehead atoms. The van der Waals surface area contributed by atoms with Gasteiger partial charge >= 0.3 is 0 Å². The molecular weight excluding hydrogens is 965 g/mol. The van der Waals surface area contributed by atoms with Crippen molar-refractivity contribution in [2.75, 3.05) is 19.8 Å². The second-order valence-corrected chi connectivity index (χ2v) is 24.2. The fourth-order valence-electron chi connectivity index (χ4n) is 15.6. The van der Waals surface area contributed by atoms with E-state index in [1.807, 2.05) is 6.92 Å². The number of allylic oxidation sites excluding steroid dienone is 1. The summed E-state index contributed by atoms with van der Waals surface area (Å²) in [7, 11) is 0. The lowest BCUT2D eigenvalue weighted by molar-refractivity contribution is -0.388. The summed E-state index contributed by atoms with van der Waals surface area (Å²) in [6.07, 6.45) is -19.7. The van der Waals surface area contributed by atoms with Gasteiger partial charge in [-0.25, -0.2) is 0 Å². The third-order valence-electron chi connectivity index (χ3n) is 19.9. The number of rotatable bonds is 11. The molecule has 1 spiro atoms. The van der Waals surface area contributed by atoms with E-state index in [1.165, 1.54) is 19.4 Å². The Hall–Kier alpha value is -1.14. The standard InChI is InChI=1S/C51H82O22/c1-20-31-28(72-51(20)14-13-48(4,73-51)19-64-44-38(60)37(59)34(56)29(17-52)68-44)16-27-25-8-7-23-15-24(9-11-49(23,5)26(25)10-12-50(27,31)6)67-47-43(71-46-40(62)36(58)33(55)22(3)66-46)41(63)42(30(18-53)69-47)70-45-39(61)35(57)32(54)21(2)65-45/h7,20-22,24-47,52-63H,8-19H2,1-6H3/t20-,21-,22-,24-,25+,26-,27-,28-,29+,30+,31-,32-,33-,34+,35+,36+,37-,38+,39+,40+,41-,42+,43+,44+,45-,46-,47+,48?,49-,50-,51?/m0/s1. The van der Waals surface area contributed by atoms with Crippen LogP contribution in [-0.2, 0) is 47.4 Å². The highest BCUT2D eigenvalue weighted by molar-refractivity contribution is 5.27. The molecule has 0 aromatic carbocycles. The molecule has 6 saturated heterocycles. The summed E-state index contributed by atoms with van der Waals surface area (Å²) in [5, 5.41) is 127. The normalized spacial score (nSPS) is 58.0. The van der Waals surface area contributed by atoms with Crippen molar-refractivity contribution in [3.8, 4) is 0 Å². The second-order valence-electron chi connectivity index (χ2n) is 24.2. The van der Waals surface area contributed by atoms with Crippen molar-refractivity contribution in [2.24, 2.45) is 40.4 Å². The van der Waals surface area contributed by atoms with E-state index in [0.717, 1.165) is 32.1 Å². The second kappa shape index (κ2) is 20.5. The van der Waals surface area contributed by atoms with Crippen molar-refractivity contribution in [2.45, 2.75) is 246 Å². The van der Waals surface area contributed by atoms with Crippen molar-refractivity contribution >= 4 is 0 Å². The molecule has 6 heterocycles. The van der Waals surface area contributed by atoms with Gasteiger partial charge in [0.2, 0.25) is 0 Å². The maximum Gasteiger partial charge on any atom is 0.187 e. The van der Waals surface area contributed by atoms with Gasteiger partial charge in [-0.05, 0) is 107 Å². The molecule has 73 heavy (non-hydrogen) atoms. The minimum Gasteiger partial charge on any atom is -0.394 e. The van der Waals surface area contributed by atoms with Crippen LogP contribution in [0.4, 0.5) is 0 Å². The van der Waals surface area contributed by atoms with Crippen molar-refractivity contribution in [3.63, 3.8) is 0 Å². The fraction of sp³-hybridized carbons (Fsp3) is 0.961. The first kappa shape index (κ1) is 55.2. The van der Waals surface area contributed by atoms with Gasteiger partial charge in [0.05, 0.1) is 49.8 Å². The van der Waals surface area contributed by atoms with Crippen LogP contribution < -0.4 is 0 Å². The summed E-state index contributed by atoms with van der Waals surface area (Å²) in [5.41, 5.74) is 0.394. The predicted octanol–water partition coefficient (Wildman–Crippen LogP) is -1.82. The Morgan fingerprint density at radius 2 is 1.19 bits per heavy atom. The Morgan fingerprint density at radius 3 is 1.84 bits per heavy atom. The molecule has 3 saturated carbocycles. The smallest absolute Gasteiger partial charge is 0.187 e. The number of aliphatic hydroxyl groups is 12. The highest BCUT2D eigenvalue weighted by Crippen LogP contribution is 2.71. The van der Waals surface area contributed by atoms with Crippen LogP contribution in [0.2, 0.25) is 0 Å². The topological polar surface area (TPSA) is 335 Å². The molecule has 0 aromatic heterocycles. The molecule has 6 aliphatic heterocycles. The van der Waals surface area contributed by atoms with Crippen LogP contribution in [0.5, 0.6) is 0 Å². The Kier molecular flexibility index (Phi) is 15.5. The van der Waals surface area contributed by atoms with Crippen molar-refractivity contribution in [1.82, 2.24) is 0 Å². The van der Waals surface area contributed by atoms with E-state index < -0.39 is 154 Å². The van der Waals surface area contributed by atoms with Gasteiger partial charge in [0, 0.05) is 12.3 Å². The van der Waals surface area contributed by atoms with Crippen LogP contribution in [0.25, 0.3) is 0 Å². The average molecular weight is 1050 g/mol. The molecule has 2 unspecified atom stereocenters. The van der Waals surface area contributed by atoms with Crippen molar-refractivity contribution < 1.29 is 109 Å². The van der Waals surface area contributed by atoms with Gasteiger partial charge in [0.15, 0.2) is 30.9 Å². The highest BCUT2D eigenvalue weighted by atomic mass is 16.8. The fourth-order valence-corrected chi connectivity index (χ4v) is 15.6. The van der Waals surface area contributed by atoms with Crippen LogP contribution in [0.15, 0.2) is 11.6 Å². The first-order valence-electron chi connectivity index (χ1n) is 26.8. The van der Waals surface area contributed by atoms with Gasteiger partial charge < -0.3 is 109 Å². The van der Waals surface area contributed by atoms with Crippen molar-refractivity contribution in [1.29, 1.82) is 0 Å². The van der Waals surface area contributed by atoms with E-state index >= 15 is 0 Å². The molecule has 10 aliphatic rings. The molecule has 0 aromatic rings. The van der Waals surface area contributed by atoms with E-state index in [2.05, 4.69) is 26.8 Å². The van der Waals surface area contributed by atoms with E-state index in [9.17, 15) is 61.3 Å². The molecule has 9 fully saturated rings. The third kappa shape index (κ3) is 9.32. The summed E-state index contributed by atoms with van der Waals surface area (Å²) < 4.78 is 62.3. The lowest BCUT2D eigenvalue weighted by atomic mass is 9.47. The van der Waals surface area contributed by atoms with Gasteiger partial charge in [0.1, 0.15) is 85.5 Å². The molecule has 12 N–H and O–H groups in total. The monoisotopic (exact) mass is 1050 g/mol. The Bertz CT molecular complexity index is 1970. The molecule has 22 nitrogen and oxygen atoms in total. The van der Waals surface area contributed by atoms with E-state index in [4.69, 9.17) is 47.4 Å². The molecule has 0 amide bonds. The maximum absolute atomic E-state index is 12.1. The quantitative estimate of drug-likeness (QED) is 0.101. The van der Waals surface area contributed by atoms with Crippen molar-refractivity contribution in [3.05, 3.63) is 11.6 Å². The maximum atomic E-state index is 12.1. The van der Waals surface area contributed by atoms with Gasteiger partial charge in [-0.1, -0.05) is 32.4 Å². The molecule has 0 radical (unpaired) electrons. The zero-order valence-electron chi connectivity index (χ0n) is 42.6. The van der Waals surface area contributed by atoms with Crippen LogP contribution in [0.1, 0.15) is 99.3 Å². The van der Waals surface area contributed by atoms with Gasteiger partial charge in [-0.15, -0.1) is 0 Å². The van der Waals surface area contributed by atoms with Gasteiger partial charge in [0.25, 0.3) is 0 Å². The van der Waals surface area contributed by atoms with Gasteiger partial charge in [-0.3, -0.25) is 0 Å². The van der Waals surface area contributed by atoms with Crippen LogP contribution in [-0.4, -0.2) is 228 Å². The first-order chi connectivity index (χ1) is 34.5. The average Bonchev–Trinajstić information content (AvgIpc) is 3.97. The molecule has 4 aliphatic carbocycles. The SMILES string of the molecule is C[C@@H]1O[C@@H](O[C@H]2[C@H](O[C@H]3CC[C@@]4(C)C(=CC[C@H]5[C@@H]6C[C@@H]7OC8(CCC(C)(CO[C@@H]9O[C@H](CO)[C@@H](O)[C@H](O)[C@H]9O)O8)[C@@H](C)[C@@H]7[C@@]6(C)CC[C@@H]54)C3)O[C@H](CO)[C@@H](O[C@@H]3O[C@@H](C)[C@H](O)[C@@H](O)[C@H]3O)[C@@H]2O)[C@H](O)[C@H](O)[C@H]1O. The lowest BCUT2D eigenvalue weighted by Gasteiger charge is -2.58. The van der Waals surface area contributed by atoms with Crippen LogP contribution >= 0.6 is 0 Å². The summed E-state index contributed by atoms with van der Waals surface area (Å²) >= 11 is 0. The third-order valence-corrected chi connectivity index (χ3v) is 19.9. The number of aliphatic hydroxyl groups excluding tert-OH is 12. The molecule has 22 heteroatoms. The number of ether oxygens (including phenoxy) is 10. The summed E-state index contributed by atoms with van der Waals surface area (Å²) in [6.45, 7) is 10.8. The highest BCUT2D eigenvalue weighted by Gasteiger charge is 2.70. The Morgan fingerprint density at radius 1 is 0.589 bits per heavy atom. The largest absolute Gasteiger partial charge is 0.394 e. The minimum absolute atomic E-state index is 0.00694. The summed E-state index contributed by atoms with van der Waals surface area (Å²) in [5.74, 6) is 0.803. The predicted molar refractivity (Wildman–Crippen MR) is 247 cm³/mol. The Balaban J connectivity index is 0.809. The van der Waals surface area contributed by atoms with E-state index in [-0.39, 0.29) is 35.4 Å². The summed E-state index contributed by atoms with van der Waals surface area (Å²) in [6, 6.07) is 0. The van der Waals surface area contributed by atoms with E-state index in [1.54, 1.807) is 0 Å². The van der Waals surface area contributed by atoms with Crippen LogP contribution in [0, 0.1) is 40.4 Å². The van der Waals surface area contributed by atoms with Gasteiger partial charge in [-0.2, -0.15) is 0 Å². The number of hydrogen-bond acceptors (Lipinski definition) is 22. The molecule has 418 valence electrons. The minimum atomic E-state index is -1.74. The molecule has 10 rings (SSSR count). The van der Waals surface area contributed by atoms with Crippen LogP contribution in [0.3, 0.4) is 0 Å². The molecular formula is C51H82O22.